The van der Waals surface area contributed by atoms with Crippen LogP contribution >= 0.6 is 11.6 Å². The highest BCUT2D eigenvalue weighted by molar-refractivity contribution is 7.89. The largest absolute Gasteiger partial charge is 0.469 e. The van der Waals surface area contributed by atoms with Crippen molar-refractivity contribution in [2.75, 3.05) is 26.8 Å². The molecule has 0 spiro atoms. The number of esters is 2. The lowest BCUT2D eigenvalue weighted by Crippen LogP contribution is -2.44. The molecule has 0 unspecified atom stereocenters. The molecule has 2 rings (SSSR count). The van der Waals surface area contributed by atoms with Crippen LogP contribution in [-0.2, 0) is 33.9 Å². The van der Waals surface area contributed by atoms with Gasteiger partial charge in [-0.25, -0.2) is 8.42 Å². The number of sulfonamides is 1. The van der Waals surface area contributed by atoms with Crippen LogP contribution in [0.3, 0.4) is 0 Å². The van der Waals surface area contributed by atoms with Gasteiger partial charge in [-0.2, -0.15) is 4.72 Å². The molecular weight excluding hydrogens is 424 g/mol. The summed E-state index contributed by atoms with van der Waals surface area (Å²) in [5.74, 6) is -1.83. The van der Waals surface area contributed by atoms with E-state index in [0.717, 1.165) is 0 Å². The highest BCUT2D eigenvalue weighted by Crippen LogP contribution is 2.18. The van der Waals surface area contributed by atoms with Crippen molar-refractivity contribution in [3.05, 3.63) is 29.3 Å². The molecule has 1 N–H and O–H groups in total. The Morgan fingerprint density at radius 3 is 2.34 bits per heavy atom. The molecule has 0 aliphatic carbocycles. The molecule has 29 heavy (non-hydrogen) atoms. The zero-order chi connectivity index (χ0) is 21.6. The zero-order valence-electron chi connectivity index (χ0n) is 16.1. The quantitative estimate of drug-likeness (QED) is 0.619. The van der Waals surface area contributed by atoms with Gasteiger partial charge < -0.3 is 14.4 Å². The van der Waals surface area contributed by atoms with Crippen LogP contribution in [0.4, 0.5) is 0 Å². The molecule has 1 aromatic rings. The summed E-state index contributed by atoms with van der Waals surface area (Å²) in [4.78, 5) is 37.2. The summed E-state index contributed by atoms with van der Waals surface area (Å²) >= 11 is 5.74. The highest BCUT2D eigenvalue weighted by Gasteiger charge is 2.29. The van der Waals surface area contributed by atoms with Crippen LogP contribution in [0.5, 0.6) is 0 Å². The lowest BCUT2D eigenvalue weighted by molar-refractivity contribution is -0.154. The van der Waals surface area contributed by atoms with Gasteiger partial charge in [-0.05, 0) is 44.0 Å². The molecule has 1 heterocycles. The first-order valence-corrected chi connectivity index (χ1v) is 10.8. The Morgan fingerprint density at radius 1 is 1.21 bits per heavy atom. The van der Waals surface area contributed by atoms with E-state index in [-0.39, 0.29) is 16.8 Å². The number of methoxy groups -OCH3 is 1. The Balaban J connectivity index is 1.81. The minimum atomic E-state index is -3.95. The van der Waals surface area contributed by atoms with Gasteiger partial charge in [0, 0.05) is 18.1 Å². The van der Waals surface area contributed by atoms with Crippen molar-refractivity contribution in [1.29, 1.82) is 0 Å². The maximum absolute atomic E-state index is 12.3. The maximum Gasteiger partial charge on any atom is 0.324 e. The Labute approximate surface area is 174 Å². The van der Waals surface area contributed by atoms with E-state index in [1.807, 2.05) is 0 Å². The number of carbonyl (C=O) groups is 3. The second-order valence-corrected chi connectivity index (χ2v) is 8.73. The molecule has 11 heteroatoms. The molecule has 1 aliphatic rings. The minimum Gasteiger partial charge on any atom is -0.469 e. The van der Waals surface area contributed by atoms with E-state index in [0.29, 0.717) is 31.0 Å². The number of halogens is 1. The summed E-state index contributed by atoms with van der Waals surface area (Å²) in [6.07, 6.45) is 0.952. The third-order valence-electron chi connectivity index (χ3n) is 4.53. The van der Waals surface area contributed by atoms with E-state index in [4.69, 9.17) is 21.1 Å². The number of carbonyl (C=O) groups excluding carboxylic acids is 3. The Bertz CT molecular complexity index is 849. The molecule has 1 aliphatic heterocycles. The van der Waals surface area contributed by atoms with Gasteiger partial charge in [0.2, 0.25) is 10.0 Å². The number of likely N-dealkylation sites (tertiary alicyclic amines) is 1. The Morgan fingerprint density at radius 2 is 1.79 bits per heavy atom. The smallest absolute Gasteiger partial charge is 0.324 e. The third kappa shape index (κ3) is 6.41. The van der Waals surface area contributed by atoms with Crippen molar-refractivity contribution in [3.63, 3.8) is 0 Å². The third-order valence-corrected chi connectivity index (χ3v) is 6.34. The molecule has 160 valence electrons. The lowest BCUT2D eigenvalue weighted by atomic mass is 9.97. The first kappa shape index (κ1) is 23.1. The molecule has 1 saturated heterocycles. The fourth-order valence-corrected chi connectivity index (χ4v) is 4.16. The van der Waals surface area contributed by atoms with E-state index in [1.165, 1.54) is 43.2 Å². The number of hydrogen-bond donors (Lipinski definition) is 1. The summed E-state index contributed by atoms with van der Waals surface area (Å²) in [6.45, 7) is 1.53. The van der Waals surface area contributed by atoms with Gasteiger partial charge in [-0.1, -0.05) is 11.6 Å². The second-order valence-electron chi connectivity index (χ2n) is 6.58. The van der Waals surface area contributed by atoms with Gasteiger partial charge >= 0.3 is 11.9 Å². The molecule has 1 aromatic carbocycles. The number of nitrogens with one attached hydrogen (secondary N) is 1. The highest BCUT2D eigenvalue weighted by atomic mass is 35.5. The molecule has 9 nitrogen and oxygen atoms in total. The lowest BCUT2D eigenvalue weighted by Gasteiger charge is -2.30. The summed E-state index contributed by atoms with van der Waals surface area (Å²) < 4.78 is 36.4. The van der Waals surface area contributed by atoms with Crippen molar-refractivity contribution in [2.24, 2.45) is 5.92 Å². The van der Waals surface area contributed by atoms with Crippen molar-refractivity contribution in [2.45, 2.75) is 30.7 Å². The normalized spacial score (nSPS) is 16.2. The molecule has 1 amide bonds. The van der Waals surface area contributed by atoms with Crippen LogP contribution in [-0.4, -0.2) is 64.0 Å². The van der Waals surface area contributed by atoms with Gasteiger partial charge in [0.1, 0.15) is 6.04 Å². The molecular formula is C18H23ClN2O7S. The van der Waals surface area contributed by atoms with E-state index in [1.54, 1.807) is 0 Å². The number of benzene rings is 1. The van der Waals surface area contributed by atoms with Gasteiger partial charge in [-0.15, -0.1) is 0 Å². The number of ether oxygens (including phenoxy) is 2. The van der Waals surface area contributed by atoms with Gasteiger partial charge in [0.05, 0.1) is 17.9 Å². The van der Waals surface area contributed by atoms with Crippen LogP contribution in [0.15, 0.2) is 29.2 Å². The van der Waals surface area contributed by atoms with Crippen LogP contribution in [0.1, 0.15) is 19.8 Å². The second kappa shape index (κ2) is 10.0. The molecule has 0 saturated carbocycles. The number of piperidine rings is 1. The maximum atomic E-state index is 12.3. The fourth-order valence-electron chi connectivity index (χ4n) is 2.84. The summed E-state index contributed by atoms with van der Waals surface area (Å²) in [5.41, 5.74) is 0. The Hall–Kier alpha value is -2.17. The van der Waals surface area contributed by atoms with Gasteiger partial charge in [0.25, 0.3) is 5.91 Å². The molecule has 0 bridgehead atoms. The monoisotopic (exact) mass is 446 g/mol. The fraction of sp³-hybridized carbons (Fsp3) is 0.500. The van der Waals surface area contributed by atoms with E-state index in [9.17, 15) is 22.8 Å². The minimum absolute atomic E-state index is 0.0499. The standard InChI is InChI=1S/C18H23ClN2O7S/c1-12(20-29(25,26)15-5-3-14(19)4-6-15)17(23)28-11-16(22)21-9-7-13(8-10-21)18(24)27-2/h3-6,12-13,20H,7-11H2,1-2H3/t12-/m0/s1. The average molecular weight is 447 g/mol. The van der Waals surface area contributed by atoms with E-state index >= 15 is 0 Å². The van der Waals surface area contributed by atoms with Gasteiger partial charge in [-0.3, -0.25) is 14.4 Å². The number of amides is 1. The predicted octanol–water partition coefficient (Wildman–Crippen LogP) is 0.962. The first-order valence-electron chi connectivity index (χ1n) is 8.94. The van der Waals surface area contributed by atoms with Crippen molar-refractivity contribution < 1.29 is 32.3 Å². The van der Waals surface area contributed by atoms with Crippen LogP contribution in [0.2, 0.25) is 5.02 Å². The number of hydrogen-bond acceptors (Lipinski definition) is 7. The van der Waals surface area contributed by atoms with Crippen molar-refractivity contribution in [1.82, 2.24) is 9.62 Å². The molecule has 1 fully saturated rings. The van der Waals surface area contributed by atoms with Crippen LogP contribution in [0, 0.1) is 5.92 Å². The molecule has 0 radical (unpaired) electrons. The predicted molar refractivity (Wildman–Crippen MR) is 104 cm³/mol. The summed E-state index contributed by atoms with van der Waals surface area (Å²) in [6, 6.07) is 4.27. The number of rotatable bonds is 7. The summed E-state index contributed by atoms with van der Waals surface area (Å²) in [7, 11) is -2.62. The molecule has 1 atom stereocenters. The van der Waals surface area contributed by atoms with Gasteiger partial charge in [0.15, 0.2) is 6.61 Å². The molecule has 0 aromatic heterocycles. The SMILES string of the molecule is COC(=O)C1CCN(C(=O)COC(=O)[C@H](C)NS(=O)(=O)c2ccc(Cl)cc2)CC1. The van der Waals surface area contributed by atoms with Crippen molar-refractivity contribution in [3.8, 4) is 0 Å². The zero-order valence-corrected chi connectivity index (χ0v) is 17.7. The topological polar surface area (TPSA) is 119 Å². The summed E-state index contributed by atoms with van der Waals surface area (Å²) in [5, 5.41) is 0.380. The van der Waals surface area contributed by atoms with E-state index in [2.05, 4.69) is 4.72 Å². The van der Waals surface area contributed by atoms with Crippen molar-refractivity contribution >= 4 is 39.5 Å². The van der Waals surface area contributed by atoms with Crippen LogP contribution in [0.25, 0.3) is 0 Å². The number of nitrogens with zero attached hydrogens (tertiary/aromatic N) is 1. The Kier molecular flexibility index (Phi) is 8.00. The van der Waals surface area contributed by atoms with E-state index < -0.39 is 34.5 Å². The first-order chi connectivity index (χ1) is 13.6. The average Bonchev–Trinajstić information content (AvgIpc) is 2.71. The van der Waals surface area contributed by atoms with Crippen LogP contribution < -0.4 is 4.72 Å².